The predicted molar refractivity (Wildman–Crippen MR) is 160 cm³/mol. The number of carbonyl (C=O) groups excluding carboxylic acids is 2. The number of anilines is 2. The van der Waals surface area contributed by atoms with Gasteiger partial charge >= 0.3 is 0 Å². The summed E-state index contributed by atoms with van der Waals surface area (Å²) < 4.78 is 27.4. The van der Waals surface area contributed by atoms with Crippen molar-refractivity contribution < 1.29 is 23.5 Å². The van der Waals surface area contributed by atoms with E-state index in [-0.39, 0.29) is 23.2 Å². The summed E-state index contributed by atoms with van der Waals surface area (Å²) in [6, 6.07) is 16.4. The number of amides is 2. The lowest BCUT2D eigenvalue weighted by molar-refractivity contribution is -0.116. The molecule has 0 radical (unpaired) electrons. The Hall–Kier alpha value is -5.03. The van der Waals surface area contributed by atoms with Crippen molar-refractivity contribution in [2.45, 2.75) is 19.4 Å². The number of hydrogen-bond donors (Lipinski definition) is 1. The fourth-order valence-corrected chi connectivity index (χ4v) is 5.57. The highest BCUT2D eigenvalue weighted by molar-refractivity contribution is 6.35. The molecule has 1 aliphatic rings. The minimum atomic E-state index is -0.534. The van der Waals surface area contributed by atoms with Gasteiger partial charge in [0.25, 0.3) is 5.91 Å². The molecule has 43 heavy (non-hydrogen) atoms. The Morgan fingerprint density at radius 2 is 1.81 bits per heavy atom. The van der Waals surface area contributed by atoms with Gasteiger partial charge < -0.3 is 19.7 Å². The Labute approximate surface area is 251 Å². The van der Waals surface area contributed by atoms with Crippen molar-refractivity contribution in [3.63, 3.8) is 0 Å². The smallest absolute Gasteiger partial charge is 0.274 e. The van der Waals surface area contributed by atoms with Crippen LogP contribution in [0.4, 0.5) is 15.8 Å². The third kappa shape index (κ3) is 5.23. The van der Waals surface area contributed by atoms with E-state index >= 15 is 4.39 Å². The summed E-state index contributed by atoms with van der Waals surface area (Å²) in [6.45, 7) is 2.06. The molecule has 3 aromatic carbocycles. The normalized spacial score (nSPS) is 14.3. The number of fused-ring (bicyclic) bond motifs is 2. The van der Waals surface area contributed by atoms with Crippen LogP contribution in [-0.4, -0.2) is 52.6 Å². The van der Waals surface area contributed by atoms with Crippen LogP contribution >= 0.6 is 11.6 Å². The molecule has 12 heteroatoms. The Morgan fingerprint density at radius 3 is 2.58 bits per heavy atom. The van der Waals surface area contributed by atoms with Crippen LogP contribution < -0.4 is 19.7 Å². The first-order chi connectivity index (χ1) is 20.8. The van der Waals surface area contributed by atoms with Crippen molar-refractivity contribution in [3.8, 4) is 22.8 Å². The average Bonchev–Trinajstić information content (AvgIpc) is 3.50. The monoisotopic (exact) mass is 600 g/mol. The fourth-order valence-electron chi connectivity index (χ4n) is 5.32. The van der Waals surface area contributed by atoms with E-state index in [0.717, 1.165) is 11.3 Å². The van der Waals surface area contributed by atoms with Crippen LogP contribution in [0.1, 0.15) is 35.4 Å². The zero-order valence-electron chi connectivity index (χ0n) is 23.5. The van der Waals surface area contributed by atoms with Gasteiger partial charge in [0, 0.05) is 47.4 Å². The molecule has 0 saturated heterocycles. The molecule has 6 rings (SSSR count). The second-order valence-electron chi connectivity index (χ2n) is 9.98. The van der Waals surface area contributed by atoms with Gasteiger partial charge in [-0.05, 0) is 42.8 Å². The lowest BCUT2D eigenvalue weighted by Gasteiger charge is -2.33. The van der Waals surface area contributed by atoms with Crippen LogP contribution in [0.3, 0.4) is 0 Å². The number of methoxy groups -OCH3 is 2. The van der Waals surface area contributed by atoms with Gasteiger partial charge in [-0.15, -0.1) is 5.10 Å². The number of pyridine rings is 1. The van der Waals surface area contributed by atoms with E-state index in [1.807, 2.05) is 24.3 Å². The van der Waals surface area contributed by atoms with Crippen LogP contribution in [0.15, 0.2) is 66.9 Å². The van der Waals surface area contributed by atoms with Gasteiger partial charge in [0.1, 0.15) is 17.2 Å². The van der Waals surface area contributed by atoms with E-state index in [4.69, 9.17) is 21.1 Å². The van der Waals surface area contributed by atoms with Crippen molar-refractivity contribution >= 4 is 45.7 Å². The Kier molecular flexibility index (Phi) is 7.41. The molecular formula is C31H26ClFN6O4. The molecule has 0 saturated carbocycles. The summed E-state index contributed by atoms with van der Waals surface area (Å²) in [5.41, 5.74) is 3.06. The molecule has 0 aliphatic carbocycles. The van der Waals surface area contributed by atoms with Crippen molar-refractivity contribution in [1.82, 2.24) is 20.0 Å². The van der Waals surface area contributed by atoms with E-state index in [0.29, 0.717) is 51.8 Å². The molecule has 1 N–H and O–H groups in total. The van der Waals surface area contributed by atoms with Gasteiger partial charge in [-0.3, -0.25) is 9.59 Å². The van der Waals surface area contributed by atoms with Crippen LogP contribution in [-0.2, 0) is 4.79 Å². The molecule has 2 amide bonds. The van der Waals surface area contributed by atoms with Gasteiger partial charge in [-0.1, -0.05) is 35.0 Å². The van der Waals surface area contributed by atoms with Crippen LogP contribution in [0.25, 0.3) is 22.2 Å². The van der Waals surface area contributed by atoms with Gasteiger partial charge in [-0.2, -0.15) is 0 Å². The van der Waals surface area contributed by atoms with E-state index in [9.17, 15) is 9.59 Å². The maximum Gasteiger partial charge on any atom is 0.274 e. The number of rotatable bonds is 6. The molecule has 1 aliphatic heterocycles. The summed E-state index contributed by atoms with van der Waals surface area (Å²) in [7, 11) is 3.02. The van der Waals surface area contributed by atoms with E-state index in [1.165, 1.54) is 38.5 Å². The first-order valence-electron chi connectivity index (χ1n) is 13.4. The summed E-state index contributed by atoms with van der Waals surface area (Å²) in [6.07, 6.45) is 2.29. The molecular weight excluding hydrogens is 575 g/mol. The van der Waals surface area contributed by atoms with E-state index in [1.54, 1.807) is 34.8 Å². The highest BCUT2D eigenvalue weighted by Gasteiger charge is 2.29. The molecule has 5 aromatic rings. The number of para-hydroxylation sites is 1. The minimum Gasteiger partial charge on any atom is -0.493 e. The largest absolute Gasteiger partial charge is 0.493 e. The number of nitrogens with zero attached hydrogens (tertiary/aromatic N) is 5. The first-order valence-corrected chi connectivity index (χ1v) is 13.8. The van der Waals surface area contributed by atoms with Crippen LogP contribution in [0, 0.1) is 5.82 Å². The van der Waals surface area contributed by atoms with Crippen LogP contribution in [0.2, 0.25) is 5.02 Å². The standard InChI is InChI=1S/C31H26ClFN6O4/c1-17(40)38-11-10-28(19-6-4-5-7-27(19)38)39-16-26(36-37-39)21-12-18(8-9-23(21)33)34-31(41)25-14-22(32)20-13-29(42-2)30(43-3)15-24(20)35-25/h4-9,12-16,28H,10-11H2,1-3H3,(H,34,41). The maximum absolute atomic E-state index is 15.0. The zero-order valence-corrected chi connectivity index (χ0v) is 24.2. The number of aromatic nitrogens is 4. The maximum atomic E-state index is 15.0. The average molecular weight is 601 g/mol. The quantitative estimate of drug-likeness (QED) is 0.258. The number of nitrogens with one attached hydrogen (secondary N) is 1. The van der Waals surface area contributed by atoms with Gasteiger partial charge in [0.2, 0.25) is 5.91 Å². The topological polar surface area (TPSA) is 111 Å². The molecule has 3 heterocycles. The molecule has 218 valence electrons. The van der Waals surface area contributed by atoms with Gasteiger partial charge in [0.05, 0.1) is 37.0 Å². The summed E-state index contributed by atoms with van der Waals surface area (Å²) in [5, 5.41) is 12.2. The molecule has 2 aromatic heterocycles. The van der Waals surface area contributed by atoms with Gasteiger partial charge in [0.15, 0.2) is 11.5 Å². The highest BCUT2D eigenvalue weighted by atomic mass is 35.5. The summed E-state index contributed by atoms with van der Waals surface area (Å²) in [5.74, 6) is -0.164. The summed E-state index contributed by atoms with van der Waals surface area (Å²) in [4.78, 5) is 31.5. The van der Waals surface area contributed by atoms with Crippen molar-refractivity contribution in [3.05, 3.63) is 89.0 Å². The molecule has 0 fully saturated rings. The number of ether oxygens (including phenoxy) is 2. The zero-order chi connectivity index (χ0) is 30.2. The number of carbonyl (C=O) groups is 2. The molecule has 0 bridgehead atoms. The van der Waals surface area contributed by atoms with Crippen LogP contribution in [0.5, 0.6) is 11.5 Å². The van der Waals surface area contributed by atoms with Gasteiger partial charge in [-0.25, -0.2) is 14.1 Å². The van der Waals surface area contributed by atoms with Crippen molar-refractivity contribution in [2.24, 2.45) is 0 Å². The van der Waals surface area contributed by atoms with E-state index in [2.05, 4.69) is 20.6 Å². The molecule has 10 nitrogen and oxygen atoms in total. The fraction of sp³-hybridized carbons (Fsp3) is 0.194. The number of benzene rings is 3. The highest BCUT2D eigenvalue weighted by Crippen LogP contribution is 2.37. The summed E-state index contributed by atoms with van der Waals surface area (Å²) >= 11 is 6.48. The number of halogens is 2. The molecule has 1 unspecified atom stereocenters. The third-order valence-corrected chi connectivity index (χ3v) is 7.73. The minimum absolute atomic E-state index is 0.0350. The lowest BCUT2D eigenvalue weighted by Crippen LogP contribution is -2.36. The second-order valence-corrected chi connectivity index (χ2v) is 10.4. The Morgan fingerprint density at radius 1 is 1.05 bits per heavy atom. The molecule has 0 spiro atoms. The lowest BCUT2D eigenvalue weighted by atomic mass is 9.96. The SMILES string of the molecule is COc1cc2nc(C(=O)Nc3ccc(F)c(-c4cn(C5CCN(C(C)=O)c6ccccc65)nn4)c3)cc(Cl)c2cc1OC. The predicted octanol–water partition coefficient (Wildman–Crippen LogP) is 5.90. The first kappa shape index (κ1) is 28.1. The van der Waals surface area contributed by atoms with Crippen molar-refractivity contribution in [2.75, 3.05) is 31.0 Å². The van der Waals surface area contributed by atoms with E-state index < -0.39 is 11.7 Å². The van der Waals surface area contributed by atoms with Crippen molar-refractivity contribution in [1.29, 1.82) is 0 Å². The third-order valence-electron chi connectivity index (χ3n) is 7.42. The Balaban J connectivity index is 1.27. The molecule has 1 atom stereocenters. The second kappa shape index (κ2) is 11.3. The number of hydrogen-bond acceptors (Lipinski definition) is 7. The Bertz CT molecular complexity index is 1890.